The van der Waals surface area contributed by atoms with Crippen molar-refractivity contribution in [3.63, 3.8) is 0 Å². The molecule has 7 heteroatoms. The number of carbonyl (C=O) groups excluding carboxylic acids is 1. The smallest absolute Gasteiger partial charge is 0.262 e. The van der Waals surface area contributed by atoms with Gasteiger partial charge in [0.15, 0.2) is 0 Å². The number of hydrogen-bond donors (Lipinski definition) is 2. The highest BCUT2D eigenvalue weighted by Gasteiger charge is 2.21. The molecule has 0 spiro atoms. The Labute approximate surface area is 180 Å². The average Bonchev–Trinajstić information content (AvgIpc) is 2.67. The van der Waals surface area contributed by atoms with Crippen molar-refractivity contribution in [2.45, 2.75) is 51.3 Å². The van der Waals surface area contributed by atoms with Crippen LogP contribution in [0.3, 0.4) is 0 Å². The summed E-state index contributed by atoms with van der Waals surface area (Å²) in [7, 11) is -3.75. The largest absolute Gasteiger partial charge is 0.382 e. The maximum absolute atomic E-state index is 12.9. The van der Waals surface area contributed by atoms with Gasteiger partial charge in [-0.15, -0.1) is 0 Å². The molecule has 30 heavy (non-hydrogen) atoms. The number of anilines is 1. The Morgan fingerprint density at radius 3 is 2.33 bits per heavy atom. The lowest BCUT2D eigenvalue weighted by atomic mass is 9.87. The van der Waals surface area contributed by atoms with E-state index in [-0.39, 0.29) is 16.2 Å². The molecule has 6 nitrogen and oxygen atoms in total. The van der Waals surface area contributed by atoms with Crippen molar-refractivity contribution in [2.75, 3.05) is 24.5 Å². The molecule has 0 heterocycles. The van der Waals surface area contributed by atoms with Gasteiger partial charge in [0.2, 0.25) is 0 Å². The number of hydrogen-bond acceptors (Lipinski definition) is 4. The van der Waals surface area contributed by atoms with E-state index in [0.29, 0.717) is 36.6 Å². The number of rotatable bonds is 9. The van der Waals surface area contributed by atoms with E-state index < -0.39 is 10.0 Å². The number of aryl methyl sites for hydroxylation is 1. The van der Waals surface area contributed by atoms with Gasteiger partial charge in [-0.1, -0.05) is 32.9 Å². The summed E-state index contributed by atoms with van der Waals surface area (Å²) >= 11 is 0. The van der Waals surface area contributed by atoms with E-state index >= 15 is 0 Å². The van der Waals surface area contributed by atoms with Crippen molar-refractivity contribution in [3.05, 3.63) is 59.2 Å². The molecule has 0 atom stereocenters. The van der Waals surface area contributed by atoms with Crippen LogP contribution in [0.15, 0.2) is 47.4 Å². The van der Waals surface area contributed by atoms with Gasteiger partial charge in [0.05, 0.1) is 4.90 Å². The number of amides is 1. The highest BCUT2D eigenvalue weighted by molar-refractivity contribution is 7.92. The Balaban J connectivity index is 2.09. The second-order valence-electron chi connectivity index (χ2n) is 8.22. The molecule has 0 unspecified atom stereocenters. The molecule has 2 N–H and O–H groups in total. The molecular formula is C23H32N2O4S. The van der Waals surface area contributed by atoms with Crippen molar-refractivity contribution in [1.29, 1.82) is 0 Å². The van der Waals surface area contributed by atoms with Gasteiger partial charge in [0, 0.05) is 31.0 Å². The zero-order chi connectivity index (χ0) is 22.4. The third-order valence-electron chi connectivity index (χ3n) is 4.70. The maximum atomic E-state index is 12.9. The minimum absolute atomic E-state index is 0.157. The average molecular weight is 433 g/mol. The van der Waals surface area contributed by atoms with Gasteiger partial charge in [-0.3, -0.25) is 9.52 Å². The second kappa shape index (κ2) is 10.1. The van der Waals surface area contributed by atoms with E-state index in [1.165, 1.54) is 0 Å². The fourth-order valence-electron chi connectivity index (χ4n) is 2.88. The minimum Gasteiger partial charge on any atom is -0.382 e. The SMILES string of the molecule is CCOCCCNC(=O)c1ccc(NS(=O)(=O)c2cc(C(C)(C)C)ccc2C)cc1. The van der Waals surface area contributed by atoms with Crippen molar-refractivity contribution in [2.24, 2.45) is 0 Å². The van der Waals surface area contributed by atoms with E-state index in [0.717, 1.165) is 12.0 Å². The first kappa shape index (κ1) is 23.9. The first-order valence-electron chi connectivity index (χ1n) is 10.1. The summed E-state index contributed by atoms with van der Waals surface area (Å²) in [6.07, 6.45) is 0.741. The molecule has 0 saturated carbocycles. The summed E-state index contributed by atoms with van der Waals surface area (Å²) in [5.41, 5.74) is 2.35. The fraction of sp³-hybridized carbons (Fsp3) is 0.435. The second-order valence-corrected chi connectivity index (χ2v) is 9.87. The summed E-state index contributed by atoms with van der Waals surface area (Å²) in [6.45, 7) is 11.6. The van der Waals surface area contributed by atoms with Crippen LogP contribution < -0.4 is 10.0 Å². The molecule has 0 fully saturated rings. The summed E-state index contributed by atoms with van der Waals surface area (Å²) in [5.74, 6) is -0.199. The van der Waals surface area contributed by atoms with Crippen LogP contribution in [-0.4, -0.2) is 34.1 Å². The monoisotopic (exact) mass is 432 g/mol. The normalized spacial score (nSPS) is 11.9. The molecule has 0 aliphatic heterocycles. The molecule has 0 aliphatic carbocycles. The summed E-state index contributed by atoms with van der Waals surface area (Å²) < 4.78 is 33.7. The topological polar surface area (TPSA) is 84.5 Å². The maximum Gasteiger partial charge on any atom is 0.262 e. The van der Waals surface area contributed by atoms with Gasteiger partial charge in [0.1, 0.15) is 0 Å². The van der Waals surface area contributed by atoms with Gasteiger partial charge in [-0.05, 0) is 67.1 Å². The molecule has 0 saturated heterocycles. The zero-order valence-corrected chi connectivity index (χ0v) is 19.2. The predicted octanol–water partition coefficient (Wildman–Crippen LogP) is 4.25. The lowest BCUT2D eigenvalue weighted by Gasteiger charge is -2.21. The number of ether oxygens (including phenoxy) is 1. The number of benzene rings is 2. The Morgan fingerprint density at radius 1 is 1.07 bits per heavy atom. The quantitative estimate of drug-likeness (QED) is 0.580. The molecule has 0 aliphatic rings. The van der Waals surface area contributed by atoms with Crippen molar-refractivity contribution < 1.29 is 17.9 Å². The molecule has 2 rings (SSSR count). The third kappa shape index (κ3) is 6.57. The molecule has 1 amide bonds. The standard InChI is InChI=1S/C23H32N2O4S/c1-6-29-15-7-14-24-22(26)18-9-12-20(13-10-18)25-30(27,28)21-16-19(23(3,4)5)11-8-17(21)2/h8-13,16,25H,6-7,14-15H2,1-5H3,(H,24,26). The minimum atomic E-state index is -3.75. The Hall–Kier alpha value is -2.38. The van der Waals surface area contributed by atoms with Crippen molar-refractivity contribution in [3.8, 4) is 0 Å². The predicted molar refractivity (Wildman–Crippen MR) is 121 cm³/mol. The molecule has 0 radical (unpaired) electrons. The van der Waals surface area contributed by atoms with Crippen LogP contribution in [0.5, 0.6) is 0 Å². The van der Waals surface area contributed by atoms with Crippen LogP contribution in [-0.2, 0) is 20.2 Å². The lowest BCUT2D eigenvalue weighted by Crippen LogP contribution is -2.25. The molecule has 0 bridgehead atoms. The van der Waals surface area contributed by atoms with Crippen molar-refractivity contribution in [1.82, 2.24) is 5.32 Å². The van der Waals surface area contributed by atoms with Gasteiger partial charge in [-0.25, -0.2) is 8.42 Å². The highest BCUT2D eigenvalue weighted by Crippen LogP contribution is 2.27. The third-order valence-corrected chi connectivity index (χ3v) is 6.22. The Bertz CT molecular complexity index is 962. The van der Waals surface area contributed by atoms with Crippen LogP contribution in [0.1, 0.15) is 55.6 Å². The zero-order valence-electron chi connectivity index (χ0n) is 18.4. The van der Waals surface area contributed by atoms with E-state index in [1.807, 2.05) is 39.8 Å². The van der Waals surface area contributed by atoms with Crippen LogP contribution in [0.2, 0.25) is 0 Å². The van der Waals surface area contributed by atoms with Gasteiger partial charge in [-0.2, -0.15) is 0 Å². The van der Waals surface area contributed by atoms with E-state index in [1.54, 1.807) is 37.3 Å². The van der Waals surface area contributed by atoms with E-state index in [2.05, 4.69) is 10.0 Å². The fourth-order valence-corrected chi connectivity index (χ4v) is 4.21. The lowest BCUT2D eigenvalue weighted by molar-refractivity contribution is 0.0944. The Morgan fingerprint density at radius 2 is 1.73 bits per heavy atom. The molecule has 0 aromatic heterocycles. The highest BCUT2D eigenvalue weighted by atomic mass is 32.2. The first-order valence-corrected chi connectivity index (χ1v) is 11.6. The van der Waals surface area contributed by atoms with E-state index in [4.69, 9.17) is 4.74 Å². The number of carbonyl (C=O) groups is 1. The van der Waals surface area contributed by atoms with E-state index in [9.17, 15) is 13.2 Å². The first-order chi connectivity index (χ1) is 14.0. The summed E-state index contributed by atoms with van der Waals surface area (Å²) in [6, 6.07) is 11.9. The van der Waals surface area contributed by atoms with Crippen LogP contribution >= 0.6 is 0 Å². The van der Waals surface area contributed by atoms with Gasteiger partial charge in [0.25, 0.3) is 15.9 Å². The Kier molecular flexibility index (Phi) is 8.03. The molecule has 2 aromatic carbocycles. The molecule has 2 aromatic rings. The van der Waals surface area contributed by atoms with Crippen molar-refractivity contribution >= 4 is 21.6 Å². The van der Waals surface area contributed by atoms with Crippen LogP contribution in [0.4, 0.5) is 5.69 Å². The number of nitrogens with one attached hydrogen (secondary N) is 2. The van der Waals surface area contributed by atoms with Crippen LogP contribution in [0, 0.1) is 6.92 Å². The molecular weight excluding hydrogens is 400 g/mol. The van der Waals surface area contributed by atoms with Gasteiger partial charge < -0.3 is 10.1 Å². The molecule has 164 valence electrons. The van der Waals surface area contributed by atoms with Gasteiger partial charge >= 0.3 is 0 Å². The van der Waals surface area contributed by atoms with Crippen LogP contribution in [0.25, 0.3) is 0 Å². The summed E-state index contributed by atoms with van der Waals surface area (Å²) in [5, 5.41) is 2.82. The summed E-state index contributed by atoms with van der Waals surface area (Å²) in [4.78, 5) is 12.4. The number of sulfonamides is 1.